The topological polar surface area (TPSA) is 85.4 Å². The fraction of sp³-hybridized carbons (Fsp3) is 0.227. The molecule has 1 heterocycles. The molecule has 1 amide bonds. The number of hydrogen-bond donors (Lipinski definition) is 2. The van der Waals surface area contributed by atoms with Crippen LogP contribution < -0.4 is 20.1 Å². The fourth-order valence-corrected chi connectivity index (χ4v) is 2.75. The van der Waals surface area contributed by atoms with Crippen LogP contribution >= 0.6 is 0 Å². The molecule has 0 aliphatic heterocycles. The van der Waals surface area contributed by atoms with Gasteiger partial charge in [-0.05, 0) is 66.9 Å². The molecule has 0 unspecified atom stereocenters. The van der Waals surface area contributed by atoms with Crippen LogP contribution in [0.5, 0.6) is 11.5 Å². The average Bonchev–Trinajstić information content (AvgIpc) is 2.75. The standard InChI is InChI=1S/C22H24N4O3/c1-14-5-7-17(11-15(14)2)24-22(27)18-8-10-21(26-25-18)23-13-16-6-9-19(28-3)20(12-16)29-4/h5-12H,13H2,1-4H3,(H,23,26)(H,24,27). The zero-order valence-corrected chi connectivity index (χ0v) is 16.9. The molecule has 0 radical (unpaired) electrons. The Balaban J connectivity index is 1.61. The number of methoxy groups -OCH3 is 2. The summed E-state index contributed by atoms with van der Waals surface area (Å²) in [4.78, 5) is 12.4. The Morgan fingerprint density at radius 2 is 1.69 bits per heavy atom. The van der Waals surface area contributed by atoms with Gasteiger partial charge in [0.2, 0.25) is 0 Å². The molecule has 0 bridgehead atoms. The van der Waals surface area contributed by atoms with Gasteiger partial charge in [0.25, 0.3) is 5.91 Å². The molecule has 0 fully saturated rings. The van der Waals surface area contributed by atoms with Crippen LogP contribution in [0.3, 0.4) is 0 Å². The van der Waals surface area contributed by atoms with E-state index in [0.717, 1.165) is 16.8 Å². The molecule has 0 aliphatic rings. The van der Waals surface area contributed by atoms with Gasteiger partial charge < -0.3 is 20.1 Å². The average molecular weight is 392 g/mol. The summed E-state index contributed by atoms with van der Waals surface area (Å²) in [5.41, 5.74) is 4.27. The monoisotopic (exact) mass is 392 g/mol. The predicted molar refractivity (Wildman–Crippen MR) is 113 cm³/mol. The van der Waals surface area contributed by atoms with Gasteiger partial charge in [-0.1, -0.05) is 12.1 Å². The van der Waals surface area contributed by atoms with Crippen LogP contribution in [0, 0.1) is 13.8 Å². The Kier molecular flexibility index (Phi) is 6.29. The highest BCUT2D eigenvalue weighted by molar-refractivity contribution is 6.02. The molecule has 150 valence electrons. The van der Waals surface area contributed by atoms with Crippen molar-refractivity contribution in [2.45, 2.75) is 20.4 Å². The van der Waals surface area contributed by atoms with Gasteiger partial charge in [0, 0.05) is 12.2 Å². The summed E-state index contributed by atoms with van der Waals surface area (Å²) in [7, 11) is 3.20. The summed E-state index contributed by atoms with van der Waals surface area (Å²) in [5, 5.41) is 14.1. The maximum atomic E-state index is 12.4. The first-order chi connectivity index (χ1) is 14.0. The van der Waals surface area contributed by atoms with Crippen LogP contribution in [0.15, 0.2) is 48.5 Å². The Morgan fingerprint density at radius 3 is 2.34 bits per heavy atom. The molecule has 7 nitrogen and oxygen atoms in total. The minimum Gasteiger partial charge on any atom is -0.493 e. The molecule has 7 heteroatoms. The van der Waals surface area contributed by atoms with Gasteiger partial charge in [0.1, 0.15) is 5.82 Å². The lowest BCUT2D eigenvalue weighted by atomic mass is 10.1. The first-order valence-corrected chi connectivity index (χ1v) is 9.17. The van der Waals surface area contributed by atoms with Crippen LogP contribution in [-0.2, 0) is 6.54 Å². The van der Waals surface area contributed by atoms with Crippen molar-refractivity contribution in [1.82, 2.24) is 10.2 Å². The highest BCUT2D eigenvalue weighted by Crippen LogP contribution is 2.27. The van der Waals surface area contributed by atoms with E-state index < -0.39 is 0 Å². The number of carbonyl (C=O) groups excluding carboxylic acids is 1. The lowest BCUT2D eigenvalue weighted by Gasteiger charge is -2.10. The summed E-state index contributed by atoms with van der Waals surface area (Å²) >= 11 is 0. The SMILES string of the molecule is COc1ccc(CNc2ccc(C(=O)Nc3ccc(C)c(C)c3)nn2)cc1OC. The third kappa shape index (κ3) is 5.01. The highest BCUT2D eigenvalue weighted by Gasteiger charge is 2.10. The predicted octanol–water partition coefficient (Wildman–Crippen LogP) is 3.98. The summed E-state index contributed by atoms with van der Waals surface area (Å²) in [6.07, 6.45) is 0. The number of nitrogens with one attached hydrogen (secondary N) is 2. The van der Waals surface area contributed by atoms with Gasteiger partial charge >= 0.3 is 0 Å². The van der Waals surface area contributed by atoms with E-state index in [9.17, 15) is 4.79 Å². The Morgan fingerprint density at radius 1 is 0.897 bits per heavy atom. The van der Waals surface area contributed by atoms with E-state index in [4.69, 9.17) is 9.47 Å². The van der Waals surface area contributed by atoms with E-state index in [1.54, 1.807) is 26.4 Å². The van der Waals surface area contributed by atoms with Gasteiger partial charge in [-0.25, -0.2) is 0 Å². The van der Waals surface area contributed by atoms with Crippen molar-refractivity contribution in [2.75, 3.05) is 24.9 Å². The molecular weight excluding hydrogens is 368 g/mol. The summed E-state index contributed by atoms with van der Waals surface area (Å²) in [5.74, 6) is 1.61. The van der Waals surface area contributed by atoms with Gasteiger partial charge in [-0.15, -0.1) is 10.2 Å². The number of rotatable bonds is 7. The maximum Gasteiger partial charge on any atom is 0.276 e. The van der Waals surface area contributed by atoms with E-state index in [1.807, 2.05) is 50.2 Å². The number of anilines is 2. The van der Waals surface area contributed by atoms with E-state index in [0.29, 0.717) is 23.9 Å². The molecule has 0 saturated heterocycles. The molecule has 29 heavy (non-hydrogen) atoms. The zero-order valence-electron chi connectivity index (χ0n) is 16.9. The molecule has 2 aromatic carbocycles. The lowest BCUT2D eigenvalue weighted by Crippen LogP contribution is -2.15. The molecule has 3 rings (SSSR count). The maximum absolute atomic E-state index is 12.4. The number of aryl methyl sites for hydroxylation is 2. The van der Waals surface area contributed by atoms with Gasteiger partial charge in [-0.3, -0.25) is 4.79 Å². The third-order valence-electron chi connectivity index (χ3n) is 4.58. The van der Waals surface area contributed by atoms with Crippen molar-refractivity contribution in [1.29, 1.82) is 0 Å². The highest BCUT2D eigenvalue weighted by atomic mass is 16.5. The lowest BCUT2D eigenvalue weighted by molar-refractivity contribution is 0.102. The summed E-state index contributed by atoms with van der Waals surface area (Å²) in [6.45, 7) is 4.56. The quantitative estimate of drug-likeness (QED) is 0.633. The minimum atomic E-state index is -0.299. The van der Waals surface area contributed by atoms with E-state index in [1.165, 1.54) is 5.56 Å². The normalized spacial score (nSPS) is 10.3. The van der Waals surface area contributed by atoms with Crippen LogP contribution in [-0.4, -0.2) is 30.3 Å². The molecule has 3 aromatic rings. The van der Waals surface area contributed by atoms with Crippen molar-refractivity contribution < 1.29 is 14.3 Å². The fourth-order valence-electron chi connectivity index (χ4n) is 2.75. The first-order valence-electron chi connectivity index (χ1n) is 9.17. The number of aromatic nitrogens is 2. The number of amides is 1. The molecule has 2 N–H and O–H groups in total. The second-order valence-electron chi connectivity index (χ2n) is 6.60. The van der Waals surface area contributed by atoms with Crippen LogP contribution in [0.4, 0.5) is 11.5 Å². The van der Waals surface area contributed by atoms with Crippen molar-refractivity contribution in [3.8, 4) is 11.5 Å². The summed E-state index contributed by atoms with van der Waals surface area (Å²) in [6, 6.07) is 14.8. The minimum absolute atomic E-state index is 0.250. The van der Waals surface area contributed by atoms with E-state index in [2.05, 4.69) is 20.8 Å². The number of hydrogen-bond acceptors (Lipinski definition) is 6. The molecule has 0 aliphatic carbocycles. The van der Waals surface area contributed by atoms with E-state index >= 15 is 0 Å². The van der Waals surface area contributed by atoms with Gasteiger partial charge in [0.15, 0.2) is 17.2 Å². The molecule has 0 atom stereocenters. The Bertz CT molecular complexity index is 1000. The van der Waals surface area contributed by atoms with Crippen LogP contribution in [0.2, 0.25) is 0 Å². The van der Waals surface area contributed by atoms with Crippen molar-refractivity contribution in [3.05, 3.63) is 70.9 Å². The Labute approximate surface area is 170 Å². The van der Waals surface area contributed by atoms with Gasteiger partial charge in [-0.2, -0.15) is 0 Å². The van der Waals surface area contributed by atoms with Crippen molar-refractivity contribution >= 4 is 17.4 Å². The number of nitrogens with zero attached hydrogens (tertiary/aromatic N) is 2. The summed E-state index contributed by atoms with van der Waals surface area (Å²) < 4.78 is 10.5. The molecular formula is C22H24N4O3. The second kappa shape index (κ2) is 9.05. The van der Waals surface area contributed by atoms with E-state index in [-0.39, 0.29) is 11.6 Å². The smallest absolute Gasteiger partial charge is 0.276 e. The second-order valence-corrected chi connectivity index (χ2v) is 6.60. The number of benzene rings is 2. The van der Waals surface area contributed by atoms with Gasteiger partial charge in [0.05, 0.1) is 14.2 Å². The third-order valence-corrected chi connectivity index (χ3v) is 4.58. The molecule has 0 saturated carbocycles. The largest absolute Gasteiger partial charge is 0.493 e. The number of ether oxygens (including phenoxy) is 2. The van der Waals surface area contributed by atoms with Crippen molar-refractivity contribution in [3.63, 3.8) is 0 Å². The van der Waals surface area contributed by atoms with Crippen molar-refractivity contribution in [2.24, 2.45) is 0 Å². The molecule has 0 spiro atoms. The van der Waals surface area contributed by atoms with Crippen LogP contribution in [0.25, 0.3) is 0 Å². The Hall–Kier alpha value is -3.61. The molecule has 1 aromatic heterocycles. The van der Waals surface area contributed by atoms with Crippen LogP contribution in [0.1, 0.15) is 27.2 Å². The zero-order chi connectivity index (χ0) is 20.8. The number of carbonyl (C=O) groups is 1. The first kappa shape index (κ1) is 20.1.